The fourth-order valence-electron chi connectivity index (χ4n) is 2.22. The van der Waals surface area contributed by atoms with Crippen LogP contribution in [0.15, 0.2) is 42.5 Å². The molecule has 0 saturated heterocycles. The lowest BCUT2D eigenvalue weighted by molar-refractivity contribution is -0.114. The number of phenols is 2. The van der Waals surface area contributed by atoms with Gasteiger partial charge in [0.2, 0.25) is 0 Å². The van der Waals surface area contributed by atoms with E-state index in [2.05, 4.69) is 0 Å². The predicted octanol–water partition coefficient (Wildman–Crippen LogP) is 3.33. The summed E-state index contributed by atoms with van der Waals surface area (Å²) in [4.78, 5) is 12.0. The molecule has 0 atom stereocenters. The van der Waals surface area contributed by atoms with Crippen molar-refractivity contribution in [1.82, 2.24) is 0 Å². The van der Waals surface area contributed by atoms with Crippen LogP contribution in [0.25, 0.3) is 6.08 Å². The lowest BCUT2D eigenvalue weighted by Gasteiger charge is -2.06. The molecule has 5 nitrogen and oxygen atoms in total. The molecule has 2 aromatic carbocycles. The molecule has 0 heterocycles. The molecule has 0 spiro atoms. The first kappa shape index (κ1) is 17.4. The number of ether oxygens (including phenoxy) is 2. The predicted molar refractivity (Wildman–Crippen MR) is 91.7 cm³/mol. The Labute approximate surface area is 140 Å². The number of hydrogen-bond acceptors (Lipinski definition) is 5. The normalized spacial score (nSPS) is 10.8. The average Bonchev–Trinajstić information content (AvgIpc) is 2.60. The molecule has 0 aliphatic heterocycles. The van der Waals surface area contributed by atoms with Crippen molar-refractivity contribution in [3.63, 3.8) is 0 Å². The Morgan fingerprint density at radius 3 is 2.29 bits per heavy atom. The Hall–Kier alpha value is -2.95. The number of carbonyl (C=O) groups excluding carboxylic acids is 1. The van der Waals surface area contributed by atoms with Crippen LogP contribution in [0, 0.1) is 0 Å². The maximum Gasteiger partial charge on any atom is 0.161 e. The zero-order valence-corrected chi connectivity index (χ0v) is 13.7. The number of allylic oxidation sites excluding steroid dienone is 1. The molecule has 0 fully saturated rings. The van der Waals surface area contributed by atoms with Crippen LogP contribution in [0.3, 0.4) is 0 Å². The number of aromatic hydroxyl groups is 2. The highest BCUT2D eigenvalue weighted by Gasteiger charge is 2.05. The Balaban J connectivity index is 1.96. The highest BCUT2D eigenvalue weighted by molar-refractivity contribution is 5.93. The number of methoxy groups -OCH3 is 2. The number of aryl methyl sites for hydroxylation is 1. The largest absolute Gasteiger partial charge is 0.504 e. The van der Waals surface area contributed by atoms with Gasteiger partial charge in [-0.3, -0.25) is 4.79 Å². The maximum atomic E-state index is 12.0. The maximum absolute atomic E-state index is 12.0. The summed E-state index contributed by atoms with van der Waals surface area (Å²) in [6, 6.07) is 9.91. The summed E-state index contributed by atoms with van der Waals surface area (Å²) in [7, 11) is 2.96. The molecular weight excluding hydrogens is 308 g/mol. The minimum absolute atomic E-state index is 0.0194. The van der Waals surface area contributed by atoms with Crippen molar-refractivity contribution < 1.29 is 24.5 Å². The second-order valence-electron chi connectivity index (χ2n) is 5.24. The Bertz CT molecular complexity index is 749. The van der Waals surface area contributed by atoms with Crippen molar-refractivity contribution in [2.75, 3.05) is 14.2 Å². The van der Waals surface area contributed by atoms with E-state index >= 15 is 0 Å². The Kier molecular flexibility index (Phi) is 5.84. The second-order valence-corrected chi connectivity index (χ2v) is 5.24. The SMILES string of the molecule is COc1cc(/C=C/C(=O)CCc2ccc(O)c(OC)c2)ccc1O. The third-order valence-corrected chi connectivity index (χ3v) is 3.57. The van der Waals surface area contributed by atoms with Crippen LogP contribution < -0.4 is 9.47 Å². The van der Waals surface area contributed by atoms with E-state index in [1.807, 2.05) is 0 Å². The van der Waals surface area contributed by atoms with E-state index in [1.54, 1.807) is 36.4 Å². The van der Waals surface area contributed by atoms with E-state index in [0.717, 1.165) is 11.1 Å². The van der Waals surface area contributed by atoms with Gasteiger partial charge in [-0.1, -0.05) is 18.2 Å². The van der Waals surface area contributed by atoms with Crippen molar-refractivity contribution in [3.05, 3.63) is 53.6 Å². The monoisotopic (exact) mass is 328 g/mol. The molecule has 24 heavy (non-hydrogen) atoms. The fourth-order valence-corrected chi connectivity index (χ4v) is 2.22. The first-order valence-electron chi connectivity index (χ1n) is 7.47. The fraction of sp³-hybridized carbons (Fsp3) is 0.211. The van der Waals surface area contributed by atoms with Crippen molar-refractivity contribution in [3.8, 4) is 23.0 Å². The van der Waals surface area contributed by atoms with Crippen LogP contribution in [-0.2, 0) is 11.2 Å². The van der Waals surface area contributed by atoms with Gasteiger partial charge >= 0.3 is 0 Å². The molecule has 0 saturated carbocycles. The minimum atomic E-state index is -0.0194. The van der Waals surface area contributed by atoms with E-state index in [1.165, 1.54) is 26.4 Å². The smallest absolute Gasteiger partial charge is 0.161 e. The van der Waals surface area contributed by atoms with E-state index < -0.39 is 0 Å². The van der Waals surface area contributed by atoms with E-state index in [-0.39, 0.29) is 17.3 Å². The molecule has 5 heteroatoms. The number of carbonyl (C=O) groups is 1. The van der Waals surface area contributed by atoms with Gasteiger partial charge in [0.1, 0.15) is 0 Å². The minimum Gasteiger partial charge on any atom is -0.504 e. The lowest BCUT2D eigenvalue weighted by Crippen LogP contribution is -1.96. The zero-order chi connectivity index (χ0) is 17.5. The summed E-state index contributed by atoms with van der Waals surface area (Å²) >= 11 is 0. The summed E-state index contributed by atoms with van der Waals surface area (Å²) in [5.41, 5.74) is 1.68. The Morgan fingerprint density at radius 2 is 1.62 bits per heavy atom. The number of hydrogen-bond donors (Lipinski definition) is 2. The van der Waals surface area contributed by atoms with Gasteiger partial charge < -0.3 is 19.7 Å². The van der Waals surface area contributed by atoms with E-state index in [0.29, 0.717) is 24.3 Å². The van der Waals surface area contributed by atoms with Crippen LogP contribution in [0.5, 0.6) is 23.0 Å². The highest BCUT2D eigenvalue weighted by atomic mass is 16.5. The highest BCUT2D eigenvalue weighted by Crippen LogP contribution is 2.27. The second kappa shape index (κ2) is 8.06. The number of phenolic OH excluding ortho intramolecular Hbond substituents is 2. The molecule has 0 aromatic heterocycles. The van der Waals surface area contributed by atoms with Gasteiger partial charge in [0.15, 0.2) is 28.8 Å². The summed E-state index contributed by atoms with van der Waals surface area (Å²) in [5.74, 6) is 0.873. The van der Waals surface area contributed by atoms with Crippen LogP contribution in [0.4, 0.5) is 0 Å². The number of benzene rings is 2. The molecule has 2 aromatic rings. The first-order valence-corrected chi connectivity index (χ1v) is 7.47. The van der Waals surface area contributed by atoms with Crippen molar-refractivity contribution in [1.29, 1.82) is 0 Å². The van der Waals surface area contributed by atoms with Gasteiger partial charge in [-0.25, -0.2) is 0 Å². The summed E-state index contributed by atoms with van der Waals surface area (Å²) in [6.07, 6.45) is 4.09. The Morgan fingerprint density at radius 1 is 1.00 bits per heavy atom. The number of rotatable bonds is 7. The van der Waals surface area contributed by atoms with Gasteiger partial charge in [-0.2, -0.15) is 0 Å². The zero-order valence-electron chi connectivity index (χ0n) is 13.7. The number of ketones is 1. The topological polar surface area (TPSA) is 76.0 Å². The molecule has 0 radical (unpaired) electrons. The molecule has 0 aliphatic rings. The van der Waals surface area contributed by atoms with Gasteiger partial charge in [0, 0.05) is 6.42 Å². The van der Waals surface area contributed by atoms with Crippen LogP contribution in [0.1, 0.15) is 17.5 Å². The third kappa shape index (κ3) is 4.52. The molecule has 0 amide bonds. The van der Waals surface area contributed by atoms with Gasteiger partial charge in [0.05, 0.1) is 14.2 Å². The van der Waals surface area contributed by atoms with Crippen molar-refractivity contribution in [2.24, 2.45) is 0 Å². The van der Waals surface area contributed by atoms with Crippen LogP contribution in [-0.4, -0.2) is 30.2 Å². The van der Waals surface area contributed by atoms with Crippen LogP contribution in [0.2, 0.25) is 0 Å². The molecular formula is C19H20O5. The molecule has 2 N–H and O–H groups in total. The molecule has 0 unspecified atom stereocenters. The molecule has 0 bridgehead atoms. The molecule has 2 rings (SSSR count). The standard InChI is InChI=1S/C19H20O5/c1-23-18-11-13(5-9-16(18)21)3-7-15(20)8-4-14-6-10-17(22)19(12-14)24-2/h3,5-7,9-12,21-22H,4,8H2,1-2H3/b7-3+. The van der Waals surface area contributed by atoms with Crippen molar-refractivity contribution in [2.45, 2.75) is 12.8 Å². The summed E-state index contributed by atoms with van der Waals surface area (Å²) in [5, 5.41) is 19.1. The quantitative estimate of drug-likeness (QED) is 0.763. The first-order chi connectivity index (χ1) is 11.5. The van der Waals surface area contributed by atoms with Crippen LogP contribution >= 0.6 is 0 Å². The van der Waals surface area contributed by atoms with E-state index in [4.69, 9.17) is 9.47 Å². The van der Waals surface area contributed by atoms with E-state index in [9.17, 15) is 15.0 Å². The van der Waals surface area contributed by atoms with Gasteiger partial charge in [0.25, 0.3) is 0 Å². The third-order valence-electron chi connectivity index (χ3n) is 3.57. The summed E-state index contributed by atoms with van der Waals surface area (Å²) < 4.78 is 10.1. The molecule has 126 valence electrons. The lowest BCUT2D eigenvalue weighted by atomic mass is 10.1. The van der Waals surface area contributed by atoms with Gasteiger partial charge in [-0.15, -0.1) is 0 Å². The van der Waals surface area contributed by atoms with Crippen molar-refractivity contribution >= 4 is 11.9 Å². The summed E-state index contributed by atoms with van der Waals surface area (Å²) in [6.45, 7) is 0. The molecule has 0 aliphatic carbocycles. The van der Waals surface area contributed by atoms with Gasteiger partial charge in [-0.05, 0) is 47.9 Å². The average molecular weight is 328 g/mol.